The minimum atomic E-state index is -3.49. The van der Waals surface area contributed by atoms with Crippen LogP contribution in [0.25, 0.3) is 0 Å². The molecule has 0 fully saturated rings. The second-order valence-electron chi connectivity index (χ2n) is 3.28. The van der Waals surface area contributed by atoms with E-state index < -0.39 is 16.1 Å². The van der Waals surface area contributed by atoms with E-state index >= 15 is 0 Å². The van der Waals surface area contributed by atoms with E-state index in [0.29, 0.717) is 5.56 Å². The number of hydrogen-bond acceptors (Lipinski definition) is 2. The summed E-state index contributed by atoms with van der Waals surface area (Å²) in [6.45, 7) is 3.37. The first-order valence-electron chi connectivity index (χ1n) is 4.51. The van der Waals surface area contributed by atoms with E-state index in [1.807, 2.05) is 0 Å². The Morgan fingerprint density at radius 3 is 2.53 bits per heavy atom. The lowest BCUT2D eigenvalue weighted by atomic mass is 10.2. The van der Waals surface area contributed by atoms with E-state index in [2.05, 4.69) is 10.6 Å². The molecule has 0 heterocycles. The third kappa shape index (κ3) is 2.82. The van der Waals surface area contributed by atoms with Gasteiger partial charge in [-0.2, -0.15) is 4.72 Å². The summed E-state index contributed by atoms with van der Waals surface area (Å²) in [5, 5.41) is 0. The molecule has 0 radical (unpaired) electrons. The molecular formula is C11H13NO2S. The Morgan fingerprint density at radius 2 is 2.00 bits per heavy atom. The van der Waals surface area contributed by atoms with E-state index in [-0.39, 0.29) is 4.90 Å². The van der Waals surface area contributed by atoms with E-state index in [4.69, 9.17) is 6.42 Å². The van der Waals surface area contributed by atoms with Gasteiger partial charge in [0.2, 0.25) is 10.0 Å². The maximum absolute atomic E-state index is 11.8. The van der Waals surface area contributed by atoms with Crippen LogP contribution in [0.2, 0.25) is 0 Å². The van der Waals surface area contributed by atoms with Crippen LogP contribution in [0.1, 0.15) is 12.5 Å². The highest BCUT2D eigenvalue weighted by atomic mass is 32.2. The van der Waals surface area contributed by atoms with Crippen molar-refractivity contribution in [1.29, 1.82) is 0 Å². The molecular weight excluding hydrogens is 210 g/mol. The second kappa shape index (κ2) is 4.47. The quantitative estimate of drug-likeness (QED) is 0.785. The number of aryl methyl sites for hydroxylation is 1. The molecule has 0 aliphatic carbocycles. The fourth-order valence-electron chi connectivity index (χ4n) is 1.19. The average Bonchev–Trinajstić information content (AvgIpc) is 2.17. The normalized spacial score (nSPS) is 13.1. The van der Waals surface area contributed by atoms with Crippen molar-refractivity contribution in [2.75, 3.05) is 0 Å². The molecule has 1 aromatic rings. The van der Waals surface area contributed by atoms with Gasteiger partial charge in [0.15, 0.2) is 0 Å². The highest BCUT2D eigenvalue weighted by Gasteiger charge is 2.17. The Labute approximate surface area is 90.6 Å². The van der Waals surface area contributed by atoms with Gasteiger partial charge in [-0.1, -0.05) is 24.1 Å². The van der Waals surface area contributed by atoms with E-state index in [0.717, 1.165) is 0 Å². The van der Waals surface area contributed by atoms with Gasteiger partial charge >= 0.3 is 0 Å². The maximum Gasteiger partial charge on any atom is 0.241 e. The Morgan fingerprint density at radius 1 is 1.40 bits per heavy atom. The van der Waals surface area contributed by atoms with Gasteiger partial charge in [-0.3, -0.25) is 0 Å². The average molecular weight is 223 g/mol. The van der Waals surface area contributed by atoms with E-state index in [1.165, 1.54) is 0 Å². The minimum Gasteiger partial charge on any atom is -0.207 e. The Bertz CT molecular complexity index is 486. The third-order valence-corrected chi connectivity index (χ3v) is 3.67. The van der Waals surface area contributed by atoms with Crippen molar-refractivity contribution >= 4 is 10.0 Å². The smallest absolute Gasteiger partial charge is 0.207 e. The molecule has 4 heteroatoms. The molecule has 1 aromatic carbocycles. The van der Waals surface area contributed by atoms with Crippen molar-refractivity contribution in [1.82, 2.24) is 4.72 Å². The van der Waals surface area contributed by atoms with Gasteiger partial charge in [-0.15, -0.1) is 6.42 Å². The molecule has 0 spiro atoms. The van der Waals surface area contributed by atoms with Gasteiger partial charge in [-0.05, 0) is 25.5 Å². The molecule has 0 aliphatic rings. The van der Waals surface area contributed by atoms with Crippen LogP contribution in [0.15, 0.2) is 29.2 Å². The molecule has 0 saturated heterocycles. The van der Waals surface area contributed by atoms with E-state index in [9.17, 15) is 8.42 Å². The summed E-state index contributed by atoms with van der Waals surface area (Å²) in [5.74, 6) is 2.32. The lowest BCUT2D eigenvalue weighted by Crippen LogP contribution is -2.31. The Balaban J connectivity index is 3.09. The standard InChI is InChI=1S/C11H13NO2S/c1-4-10(3)12-15(13,14)11-8-6-5-7-9(11)2/h1,5-8,10,12H,2-3H3. The molecule has 3 nitrogen and oxygen atoms in total. The van der Waals surface area contributed by atoms with Crippen LogP contribution in [0, 0.1) is 19.3 Å². The monoisotopic (exact) mass is 223 g/mol. The minimum absolute atomic E-state index is 0.270. The fraction of sp³-hybridized carbons (Fsp3) is 0.273. The molecule has 1 unspecified atom stereocenters. The zero-order valence-corrected chi connectivity index (χ0v) is 9.51. The zero-order chi connectivity index (χ0) is 11.5. The van der Waals surface area contributed by atoms with Crippen LogP contribution in [0.5, 0.6) is 0 Å². The van der Waals surface area contributed by atoms with Gasteiger partial charge in [0.25, 0.3) is 0 Å². The Kier molecular flexibility index (Phi) is 3.51. The van der Waals surface area contributed by atoms with Crippen LogP contribution in [0.3, 0.4) is 0 Å². The maximum atomic E-state index is 11.8. The number of nitrogens with one attached hydrogen (secondary N) is 1. The van der Waals surface area contributed by atoms with Crippen LogP contribution < -0.4 is 4.72 Å². The molecule has 1 rings (SSSR count). The first-order valence-corrected chi connectivity index (χ1v) is 6.00. The number of benzene rings is 1. The molecule has 1 atom stereocenters. The summed E-state index contributed by atoms with van der Waals surface area (Å²) in [6.07, 6.45) is 5.12. The SMILES string of the molecule is C#CC(C)NS(=O)(=O)c1ccccc1C. The summed E-state index contributed by atoms with van der Waals surface area (Å²) >= 11 is 0. The highest BCUT2D eigenvalue weighted by Crippen LogP contribution is 2.13. The molecule has 0 bridgehead atoms. The van der Waals surface area contributed by atoms with Crippen molar-refractivity contribution in [3.63, 3.8) is 0 Å². The largest absolute Gasteiger partial charge is 0.241 e. The lowest BCUT2D eigenvalue weighted by molar-refractivity contribution is 0.577. The van der Waals surface area contributed by atoms with Gasteiger partial charge in [0.05, 0.1) is 10.9 Å². The summed E-state index contributed by atoms with van der Waals surface area (Å²) in [4.78, 5) is 0.270. The molecule has 0 saturated carbocycles. The van der Waals surface area contributed by atoms with Crippen molar-refractivity contribution in [3.05, 3.63) is 29.8 Å². The van der Waals surface area contributed by atoms with Crippen LogP contribution in [0.4, 0.5) is 0 Å². The van der Waals surface area contributed by atoms with Crippen LogP contribution >= 0.6 is 0 Å². The fourth-order valence-corrected chi connectivity index (χ4v) is 2.60. The predicted molar refractivity (Wildman–Crippen MR) is 59.8 cm³/mol. The number of hydrogen-bond donors (Lipinski definition) is 1. The number of rotatable bonds is 3. The first kappa shape index (κ1) is 11.8. The summed E-state index contributed by atoms with van der Waals surface area (Å²) in [6, 6.07) is 6.27. The second-order valence-corrected chi connectivity index (χ2v) is 4.96. The summed E-state index contributed by atoms with van der Waals surface area (Å²) in [5.41, 5.74) is 0.703. The number of terminal acetylenes is 1. The first-order chi connectivity index (χ1) is 6.97. The summed E-state index contributed by atoms with van der Waals surface area (Å²) in [7, 11) is -3.49. The molecule has 15 heavy (non-hydrogen) atoms. The van der Waals surface area contributed by atoms with Crippen molar-refractivity contribution < 1.29 is 8.42 Å². The van der Waals surface area contributed by atoms with Gasteiger partial charge in [0.1, 0.15) is 0 Å². The van der Waals surface area contributed by atoms with Crippen LogP contribution in [-0.2, 0) is 10.0 Å². The third-order valence-electron chi connectivity index (χ3n) is 1.97. The number of sulfonamides is 1. The van der Waals surface area contributed by atoms with Gasteiger partial charge in [-0.25, -0.2) is 8.42 Å². The molecule has 0 aromatic heterocycles. The molecule has 0 aliphatic heterocycles. The van der Waals surface area contributed by atoms with E-state index in [1.54, 1.807) is 38.1 Å². The van der Waals surface area contributed by atoms with Crippen LogP contribution in [-0.4, -0.2) is 14.5 Å². The van der Waals surface area contributed by atoms with Crippen molar-refractivity contribution in [2.45, 2.75) is 24.8 Å². The lowest BCUT2D eigenvalue weighted by Gasteiger charge is -2.10. The topological polar surface area (TPSA) is 46.2 Å². The van der Waals surface area contributed by atoms with Crippen molar-refractivity contribution in [2.24, 2.45) is 0 Å². The predicted octanol–water partition coefficient (Wildman–Crippen LogP) is 1.30. The summed E-state index contributed by atoms with van der Waals surface area (Å²) < 4.78 is 26.0. The highest BCUT2D eigenvalue weighted by molar-refractivity contribution is 7.89. The Hall–Kier alpha value is -1.31. The zero-order valence-electron chi connectivity index (χ0n) is 8.69. The molecule has 0 amide bonds. The molecule has 1 N–H and O–H groups in total. The van der Waals surface area contributed by atoms with Crippen molar-refractivity contribution in [3.8, 4) is 12.3 Å². The molecule has 80 valence electrons. The van der Waals surface area contributed by atoms with Gasteiger partial charge in [0, 0.05) is 0 Å². The van der Waals surface area contributed by atoms with Gasteiger partial charge < -0.3 is 0 Å².